The molecule has 2 rings (SSSR count). The van der Waals surface area contributed by atoms with Crippen LogP contribution in [0.4, 0.5) is 14.5 Å². The molecule has 1 heterocycles. The molecule has 0 bridgehead atoms. The van der Waals surface area contributed by atoms with E-state index in [1.54, 1.807) is 0 Å². The van der Waals surface area contributed by atoms with Gasteiger partial charge >= 0.3 is 0 Å². The number of hydrogen-bond acceptors (Lipinski definition) is 5. The number of benzene rings is 1. The monoisotopic (exact) mass is 321 g/mol. The summed E-state index contributed by atoms with van der Waals surface area (Å²) in [6, 6.07) is 1.66. The highest BCUT2D eigenvalue weighted by Crippen LogP contribution is 2.22. The Morgan fingerprint density at radius 2 is 2.19 bits per heavy atom. The average Bonchev–Trinajstić information content (AvgIpc) is 2.43. The molecule has 6 nitrogen and oxygen atoms in total. The van der Waals surface area contributed by atoms with Gasteiger partial charge in [0.25, 0.3) is 0 Å². The van der Waals surface area contributed by atoms with E-state index in [1.165, 1.54) is 0 Å². The van der Waals surface area contributed by atoms with E-state index in [4.69, 9.17) is 10.5 Å². The summed E-state index contributed by atoms with van der Waals surface area (Å²) in [5.74, 6) is -2.28. The maximum atomic E-state index is 13.8. The lowest BCUT2D eigenvalue weighted by Crippen LogP contribution is -2.46. The lowest BCUT2D eigenvalue weighted by molar-refractivity contribution is -0.0156. The highest BCUT2D eigenvalue weighted by Gasteiger charge is 2.25. The van der Waals surface area contributed by atoms with Crippen LogP contribution in [-0.2, 0) is 14.8 Å². The summed E-state index contributed by atoms with van der Waals surface area (Å²) in [7, 11) is -2.22. The van der Waals surface area contributed by atoms with Crippen LogP contribution < -0.4 is 10.5 Å². The SMILES string of the molecule is CN1CCOC(CNS(=O)(=O)c2ccc(F)c(N)c2F)C1. The first-order valence-corrected chi connectivity index (χ1v) is 7.83. The number of anilines is 1. The topological polar surface area (TPSA) is 84.7 Å². The fourth-order valence-corrected chi connectivity index (χ4v) is 3.18. The number of nitrogens with two attached hydrogens (primary N) is 1. The molecule has 0 amide bonds. The van der Waals surface area contributed by atoms with Gasteiger partial charge < -0.3 is 15.4 Å². The second-order valence-corrected chi connectivity index (χ2v) is 6.62. The predicted octanol–water partition coefficient (Wildman–Crippen LogP) is 0.156. The molecule has 1 fully saturated rings. The van der Waals surface area contributed by atoms with Gasteiger partial charge in [-0.15, -0.1) is 0 Å². The van der Waals surface area contributed by atoms with Crippen molar-refractivity contribution >= 4 is 15.7 Å². The van der Waals surface area contributed by atoms with Crippen LogP contribution >= 0.6 is 0 Å². The summed E-state index contributed by atoms with van der Waals surface area (Å²) in [5, 5.41) is 0. The van der Waals surface area contributed by atoms with Gasteiger partial charge in [0.05, 0.1) is 12.7 Å². The molecule has 3 N–H and O–H groups in total. The Morgan fingerprint density at radius 1 is 1.48 bits per heavy atom. The molecule has 1 aliphatic heterocycles. The van der Waals surface area contributed by atoms with Crippen LogP contribution in [0.2, 0.25) is 0 Å². The number of nitrogen functional groups attached to an aromatic ring is 1. The summed E-state index contributed by atoms with van der Waals surface area (Å²) >= 11 is 0. The van der Waals surface area contributed by atoms with Gasteiger partial charge in [-0.1, -0.05) is 0 Å². The second-order valence-electron chi connectivity index (χ2n) is 4.88. The molecule has 21 heavy (non-hydrogen) atoms. The van der Waals surface area contributed by atoms with Gasteiger partial charge in [0, 0.05) is 19.6 Å². The number of nitrogens with zero attached hydrogens (tertiary/aromatic N) is 1. The number of nitrogens with one attached hydrogen (secondary N) is 1. The minimum atomic E-state index is -4.12. The number of likely N-dealkylation sites (N-methyl/N-ethyl adjacent to an activating group) is 1. The van der Waals surface area contributed by atoms with E-state index >= 15 is 0 Å². The Kier molecular flexibility index (Phi) is 4.77. The highest BCUT2D eigenvalue weighted by molar-refractivity contribution is 7.89. The molecule has 1 aliphatic rings. The third kappa shape index (κ3) is 3.67. The minimum absolute atomic E-state index is 0.00337. The summed E-state index contributed by atoms with van der Waals surface area (Å²) in [5.41, 5.74) is 4.35. The Balaban J connectivity index is 2.10. The lowest BCUT2D eigenvalue weighted by atomic mass is 10.3. The van der Waals surface area contributed by atoms with Gasteiger partial charge in [0.2, 0.25) is 10.0 Å². The van der Waals surface area contributed by atoms with E-state index in [0.717, 1.165) is 18.7 Å². The van der Waals surface area contributed by atoms with Crippen molar-refractivity contribution in [1.82, 2.24) is 9.62 Å². The van der Waals surface area contributed by atoms with Crippen molar-refractivity contribution in [2.45, 2.75) is 11.0 Å². The number of sulfonamides is 1. The maximum absolute atomic E-state index is 13.8. The minimum Gasteiger partial charge on any atom is -0.394 e. The molecular formula is C12H17F2N3O3S. The lowest BCUT2D eigenvalue weighted by Gasteiger charge is -2.30. The average molecular weight is 321 g/mol. The molecule has 0 spiro atoms. The standard InChI is InChI=1S/C12H17F2N3O3S/c1-17-4-5-20-8(7-17)6-16-21(18,19)10-3-2-9(13)12(15)11(10)14/h2-3,8,16H,4-7,15H2,1H3. The van der Waals surface area contributed by atoms with Crippen LogP contribution in [0.5, 0.6) is 0 Å². The molecule has 1 unspecified atom stereocenters. The summed E-state index contributed by atoms with van der Waals surface area (Å²) in [4.78, 5) is 1.32. The van der Waals surface area contributed by atoms with Crippen LogP contribution in [0.25, 0.3) is 0 Å². The third-order valence-corrected chi connectivity index (χ3v) is 4.66. The summed E-state index contributed by atoms with van der Waals surface area (Å²) < 4.78 is 58.6. The van der Waals surface area contributed by atoms with Gasteiger partial charge in [0.15, 0.2) is 5.82 Å². The maximum Gasteiger partial charge on any atom is 0.243 e. The van der Waals surface area contributed by atoms with Gasteiger partial charge in [-0.05, 0) is 19.2 Å². The molecule has 1 aromatic carbocycles. The van der Waals surface area contributed by atoms with Crippen LogP contribution in [0, 0.1) is 11.6 Å². The summed E-state index contributed by atoms with van der Waals surface area (Å²) in [6.07, 6.45) is -0.320. The third-order valence-electron chi connectivity index (χ3n) is 3.22. The van der Waals surface area contributed by atoms with Gasteiger partial charge in [-0.3, -0.25) is 0 Å². The molecule has 0 aromatic heterocycles. The van der Waals surface area contributed by atoms with E-state index in [2.05, 4.69) is 4.72 Å². The van der Waals surface area contributed by atoms with E-state index in [1.807, 2.05) is 11.9 Å². The first kappa shape index (κ1) is 16.1. The number of rotatable bonds is 4. The zero-order valence-electron chi connectivity index (χ0n) is 11.5. The first-order valence-electron chi connectivity index (χ1n) is 6.34. The van der Waals surface area contributed by atoms with E-state index in [9.17, 15) is 17.2 Å². The second kappa shape index (κ2) is 6.22. The molecular weight excluding hydrogens is 304 g/mol. The summed E-state index contributed by atoms with van der Waals surface area (Å²) in [6.45, 7) is 1.84. The van der Waals surface area contributed by atoms with Crippen molar-refractivity contribution in [1.29, 1.82) is 0 Å². The van der Waals surface area contributed by atoms with E-state index in [-0.39, 0.29) is 12.6 Å². The number of halogens is 2. The fourth-order valence-electron chi connectivity index (χ4n) is 2.03. The molecule has 9 heteroatoms. The van der Waals surface area contributed by atoms with Crippen molar-refractivity contribution in [2.75, 3.05) is 39.0 Å². The van der Waals surface area contributed by atoms with E-state index in [0.29, 0.717) is 13.2 Å². The smallest absolute Gasteiger partial charge is 0.243 e. The van der Waals surface area contributed by atoms with E-state index < -0.39 is 32.2 Å². The molecule has 0 saturated carbocycles. The number of hydrogen-bond donors (Lipinski definition) is 2. The Hall–Kier alpha value is -1.29. The normalized spacial score (nSPS) is 20.6. The van der Waals surface area contributed by atoms with Crippen LogP contribution in [0.1, 0.15) is 0 Å². The Morgan fingerprint density at radius 3 is 2.86 bits per heavy atom. The van der Waals surface area contributed by atoms with Crippen molar-refractivity contribution in [2.24, 2.45) is 0 Å². The zero-order valence-corrected chi connectivity index (χ0v) is 12.3. The molecule has 0 aliphatic carbocycles. The molecule has 1 aromatic rings. The van der Waals surface area contributed by atoms with Crippen molar-refractivity contribution in [3.63, 3.8) is 0 Å². The Labute approximate surface area is 121 Å². The van der Waals surface area contributed by atoms with Gasteiger partial charge in [-0.25, -0.2) is 21.9 Å². The van der Waals surface area contributed by atoms with Gasteiger partial charge in [0.1, 0.15) is 16.4 Å². The Bertz CT molecular complexity index is 624. The van der Waals surface area contributed by atoms with Crippen LogP contribution in [-0.4, -0.2) is 52.7 Å². The zero-order chi connectivity index (χ0) is 15.6. The van der Waals surface area contributed by atoms with Crippen molar-refractivity contribution in [3.05, 3.63) is 23.8 Å². The van der Waals surface area contributed by atoms with Crippen LogP contribution in [0.15, 0.2) is 17.0 Å². The predicted molar refractivity (Wildman–Crippen MR) is 73.2 cm³/mol. The molecule has 0 radical (unpaired) electrons. The molecule has 118 valence electrons. The largest absolute Gasteiger partial charge is 0.394 e. The van der Waals surface area contributed by atoms with Crippen LogP contribution in [0.3, 0.4) is 0 Å². The number of morpholine rings is 1. The fraction of sp³-hybridized carbons (Fsp3) is 0.500. The van der Waals surface area contributed by atoms with Crippen molar-refractivity contribution < 1.29 is 21.9 Å². The quantitative estimate of drug-likeness (QED) is 0.772. The highest BCUT2D eigenvalue weighted by atomic mass is 32.2. The van der Waals surface area contributed by atoms with Gasteiger partial charge in [-0.2, -0.15) is 0 Å². The molecule has 1 saturated heterocycles. The molecule has 1 atom stereocenters. The number of ether oxygens (including phenoxy) is 1. The van der Waals surface area contributed by atoms with Crippen molar-refractivity contribution in [3.8, 4) is 0 Å². The first-order chi connectivity index (χ1) is 9.81.